The summed E-state index contributed by atoms with van der Waals surface area (Å²) in [6.45, 7) is 0. The first-order valence-electron chi connectivity index (χ1n) is 5.88. The Hall–Kier alpha value is 1.01. The quantitative estimate of drug-likeness (QED) is 0.151. The van der Waals surface area contributed by atoms with Crippen molar-refractivity contribution in [3.05, 3.63) is 44.6 Å². The van der Waals surface area contributed by atoms with Gasteiger partial charge in [-0.25, -0.2) is 0 Å². The van der Waals surface area contributed by atoms with E-state index in [1.807, 2.05) is 34.7 Å². The van der Waals surface area contributed by atoms with E-state index in [9.17, 15) is 13.0 Å². The van der Waals surface area contributed by atoms with Gasteiger partial charge in [0, 0.05) is 25.1 Å². The molecule has 0 aliphatic carbocycles. The van der Waals surface area contributed by atoms with Crippen molar-refractivity contribution in [1.29, 1.82) is 0 Å². The molecule has 0 aliphatic rings. The van der Waals surface area contributed by atoms with Gasteiger partial charge < -0.3 is 0 Å². The lowest BCUT2D eigenvalue weighted by Gasteiger charge is -2.15. The summed E-state index contributed by atoms with van der Waals surface area (Å²) in [5.74, 6) is 0. The van der Waals surface area contributed by atoms with Crippen LogP contribution in [0.2, 0.25) is 0 Å². The Bertz CT molecular complexity index is 1050. The van der Waals surface area contributed by atoms with Gasteiger partial charge in [0.05, 0.1) is 0 Å². The predicted octanol–water partition coefficient (Wildman–Crippen LogP) is 5.66. The first-order valence-corrected chi connectivity index (χ1v) is 11.6. The van der Waals surface area contributed by atoms with E-state index in [-0.39, 0.29) is 4.90 Å². The van der Waals surface area contributed by atoms with Crippen LogP contribution < -0.4 is 0 Å². The van der Waals surface area contributed by atoms with Crippen molar-refractivity contribution in [3.8, 4) is 0 Å². The molecule has 8 heteroatoms. The molecule has 0 aromatic heterocycles. The van der Waals surface area contributed by atoms with E-state index in [1.54, 1.807) is 12.1 Å². The van der Waals surface area contributed by atoms with Crippen LogP contribution in [0.4, 0.5) is 0 Å². The minimum absolute atomic E-state index is 0.00822. The summed E-state index contributed by atoms with van der Waals surface area (Å²) in [5.41, 5.74) is 0. The van der Waals surface area contributed by atoms with E-state index >= 15 is 0 Å². The lowest BCUT2D eigenvalue weighted by Crippen LogP contribution is -2.04. The largest absolute Gasteiger partial charge is 0.296 e. The van der Waals surface area contributed by atoms with Gasteiger partial charge >= 0.3 is 0 Å². The van der Waals surface area contributed by atoms with E-state index in [1.165, 1.54) is 0 Å². The van der Waals surface area contributed by atoms with Crippen LogP contribution in [0.3, 0.4) is 0 Å². The number of hydrogen-bond donors (Lipinski definition) is 1. The van der Waals surface area contributed by atoms with Crippen molar-refractivity contribution in [1.82, 2.24) is 0 Å². The third-order valence-corrected chi connectivity index (χ3v) is 10.8. The van der Waals surface area contributed by atoms with Crippen LogP contribution in [0, 0.1) is 14.3 Å². The monoisotopic (exact) mass is 762 g/mol. The predicted molar refractivity (Wildman–Crippen MR) is 122 cm³/mol. The van der Waals surface area contributed by atoms with Crippen molar-refractivity contribution >= 4 is 122 Å². The molecular formula is C14H6I4O3S. The second-order valence-corrected chi connectivity index (χ2v) is 10.3. The lowest BCUT2D eigenvalue weighted by atomic mass is 10.0. The van der Waals surface area contributed by atoms with Gasteiger partial charge in [0.25, 0.3) is 10.1 Å². The standard InChI is InChI=1S/C14H6I4O3S/c15-9-5-8-6-3-1-2-4-7(6)14(22(19,20)21)13(18)10(8)12(17)11(9)16/h1-5H,(H,19,20,21). The Morgan fingerprint density at radius 1 is 0.818 bits per heavy atom. The third kappa shape index (κ3) is 2.88. The molecule has 1 N–H and O–H groups in total. The van der Waals surface area contributed by atoms with E-state index in [0.29, 0.717) is 8.96 Å². The first kappa shape index (κ1) is 17.8. The molecule has 3 nitrogen and oxygen atoms in total. The molecule has 0 unspecified atom stereocenters. The highest BCUT2D eigenvalue weighted by Gasteiger charge is 2.24. The van der Waals surface area contributed by atoms with Crippen LogP contribution in [0.1, 0.15) is 0 Å². The molecule has 22 heavy (non-hydrogen) atoms. The molecule has 0 bridgehead atoms. The van der Waals surface area contributed by atoms with Crippen molar-refractivity contribution in [3.63, 3.8) is 0 Å². The average molecular weight is 762 g/mol. The second kappa shape index (κ2) is 6.38. The SMILES string of the molecule is O=S(=O)(O)c1c(I)c2c(I)c(I)c(I)cc2c2ccccc12. The molecule has 0 amide bonds. The molecule has 3 aromatic rings. The van der Waals surface area contributed by atoms with Gasteiger partial charge in [-0.15, -0.1) is 0 Å². The summed E-state index contributed by atoms with van der Waals surface area (Å²) >= 11 is 8.80. The van der Waals surface area contributed by atoms with E-state index in [0.717, 1.165) is 26.9 Å². The number of benzene rings is 3. The van der Waals surface area contributed by atoms with Crippen molar-refractivity contribution in [2.45, 2.75) is 4.90 Å². The first-order chi connectivity index (χ1) is 10.2. The number of hydrogen-bond acceptors (Lipinski definition) is 2. The van der Waals surface area contributed by atoms with Gasteiger partial charge in [0.2, 0.25) is 0 Å². The maximum absolute atomic E-state index is 11.9. The average Bonchev–Trinajstić information content (AvgIpc) is 2.43. The van der Waals surface area contributed by atoms with Gasteiger partial charge in [-0.2, -0.15) is 8.42 Å². The Kier molecular flexibility index (Phi) is 5.17. The Balaban J connectivity index is 2.76. The van der Waals surface area contributed by atoms with Crippen LogP contribution in [0.5, 0.6) is 0 Å². The Morgan fingerprint density at radius 2 is 1.41 bits per heavy atom. The molecule has 0 spiro atoms. The van der Waals surface area contributed by atoms with Crippen LogP contribution in [-0.4, -0.2) is 13.0 Å². The molecule has 3 rings (SSSR count). The molecular weight excluding hydrogens is 756 g/mol. The van der Waals surface area contributed by atoms with Gasteiger partial charge in [-0.1, -0.05) is 24.3 Å². The van der Waals surface area contributed by atoms with Gasteiger partial charge in [-0.05, 0) is 107 Å². The maximum atomic E-state index is 11.9. The summed E-state index contributed by atoms with van der Waals surface area (Å²) < 4.78 is 37.3. The van der Waals surface area contributed by atoms with Crippen LogP contribution >= 0.6 is 90.4 Å². The zero-order valence-electron chi connectivity index (χ0n) is 10.6. The van der Waals surface area contributed by atoms with Crippen LogP contribution in [0.25, 0.3) is 21.5 Å². The smallest absolute Gasteiger partial charge is 0.282 e. The van der Waals surface area contributed by atoms with Gasteiger partial charge in [0.15, 0.2) is 0 Å². The van der Waals surface area contributed by atoms with Crippen molar-refractivity contribution < 1.29 is 13.0 Å². The lowest BCUT2D eigenvalue weighted by molar-refractivity contribution is 0.484. The molecule has 0 radical (unpaired) electrons. The highest BCUT2D eigenvalue weighted by molar-refractivity contribution is 14.1. The summed E-state index contributed by atoms with van der Waals surface area (Å²) in [7, 11) is -4.31. The summed E-state index contributed by atoms with van der Waals surface area (Å²) in [5, 5.41) is 3.26. The minimum atomic E-state index is -4.31. The molecule has 0 atom stereocenters. The number of halogens is 4. The summed E-state index contributed by atoms with van der Waals surface area (Å²) in [6, 6.07) is 9.35. The highest BCUT2D eigenvalue weighted by atomic mass is 127. The van der Waals surface area contributed by atoms with Crippen LogP contribution in [0.15, 0.2) is 35.2 Å². The van der Waals surface area contributed by atoms with Crippen molar-refractivity contribution in [2.24, 2.45) is 0 Å². The topological polar surface area (TPSA) is 54.4 Å². The fourth-order valence-electron chi connectivity index (χ4n) is 2.42. The second-order valence-electron chi connectivity index (χ2n) is 4.57. The maximum Gasteiger partial charge on any atom is 0.296 e. The number of rotatable bonds is 1. The summed E-state index contributed by atoms with van der Waals surface area (Å²) in [4.78, 5) is -0.00822. The molecule has 0 aliphatic heterocycles. The minimum Gasteiger partial charge on any atom is -0.282 e. The third-order valence-electron chi connectivity index (χ3n) is 3.30. The number of fused-ring (bicyclic) bond motifs is 3. The van der Waals surface area contributed by atoms with Crippen LogP contribution in [-0.2, 0) is 10.1 Å². The highest BCUT2D eigenvalue weighted by Crippen LogP contribution is 2.40. The van der Waals surface area contributed by atoms with E-state index in [4.69, 9.17) is 0 Å². The molecule has 0 heterocycles. The normalized spacial score (nSPS) is 12.2. The molecule has 3 aromatic carbocycles. The summed E-state index contributed by atoms with van der Waals surface area (Å²) in [6.07, 6.45) is 0. The Morgan fingerprint density at radius 3 is 2.00 bits per heavy atom. The van der Waals surface area contributed by atoms with E-state index < -0.39 is 10.1 Å². The molecule has 0 saturated heterocycles. The zero-order valence-corrected chi connectivity index (χ0v) is 20.0. The zero-order chi connectivity index (χ0) is 16.2. The fraction of sp³-hybridized carbons (Fsp3) is 0. The fourth-order valence-corrected chi connectivity index (χ4v) is 7.78. The molecule has 0 saturated carbocycles. The van der Waals surface area contributed by atoms with E-state index in [2.05, 4.69) is 73.8 Å². The van der Waals surface area contributed by atoms with Gasteiger partial charge in [-0.3, -0.25) is 4.55 Å². The van der Waals surface area contributed by atoms with Gasteiger partial charge in [0.1, 0.15) is 4.90 Å². The van der Waals surface area contributed by atoms with Crippen molar-refractivity contribution in [2.75, 3.05) is 0 Å². The molecule has 114 valence electrons. The molecule has 0 fully saturated rings. The Labute approximate surface area is 181 Å².